The minimum atomic E-state index is 0.602. The Hall–Kier alpha value is -1.36. The number of nitrogens with zero attached hydrogens (tertiary/aromatic N) is 3. The second-order valence-electron chi connectivity index (χ2n) is 4.10. The van der Waals surface area contributed by atoms with Crippen LogP contribution in [0.5, 0.6) is 5.88 Å². The van der Waals surface area contributed by atoms with Crippen LogP contribution in [0.1, 0.15) is 19.3 Å². The molecular weight excluding hydrogens is 218 g/mol. The summed E-state index contributed by atoms with van der Waals surface area (Å²) in [5.41, 5.74) is 0. The summed E-state index contributed by atoms with van der Waals surface area (Å²) in [5.74, 6) is 1.53. The Morgan fingerprint density at radius 1 is 1.24 bits per heavy atom. The lowest BCUT2D eigenvalue weighted by molar-refractivity contribution is 0.170. The van der Waals surface area contributed by atoms with Crippen LogP contribution in [-0.4, -0.2) is 43.4 Å². The number of rotatable bonds is 6. The Labute approximate surface area is 102 Å². The summed E-state index contributed by atoms with van der Waals surface area (Å²) in [6.07, 6.45) is 6.80. The van der Waals surface area contributed by atoms with Crippen LogP contribution >= 0.6 is 0 Å². The van der Waals surface area contributed by atoms with Crippen molar-refractivity contribution in [2.75, 3.05) is 38.3 Å². The van der Waals surface area contributed by atoms with E-state index >= 15 is 0 Å². The lowest BCUT2D eigenvalue weighted by atomic mass is 10.4. The highest BCUT2D eigenvalue weighted by Crippen LogP contribution is 2.18. The molecule has 0 aromatic carbocycles. The van der Waals surface area contributed by atoms with E-state index in [1.165, 1.54) is 12.8 Å². The Kier molecular flexibility index (Phi) is 4.55. The zero-order valence-electron chi connectivity index (χ0n) is 10.3. The molecule has 0 unspecified atom stereocenters. The molecule has 94 valence electrons. The first-order valence-corrected chi connectivity index (χ1v) is 6.09. The van der Waals surface area contributed by atoms with Crippen LogP contribution in [0.2, 0.25) is 0 Å². The number of hydrogen-bond donors (Lipinski definition) is 0. The average molecular weight is 237 g/mol. The van der Waals surface area contributed by atoms with Gasteiger partial charge in [0, 0.05) is 33.2 Å². The molecule has 0 radical (unpaired) electrons. The Morgan fingerprint density at radius 2 is 2.06 bits per heavy atom. The molecule has 2 heterocycles. The van der Waals surface area contributed by atoms with Crippen molar-refractivity contribution in [2.45, 2.75) is 19.3 Å². The monoisotopic (exact) mass is 237 g/mol. The number of aromatic nitrogens is 2. The summed E-state index contributed by atoms with van der Waals surface area (Å²) >= 11 is 0. The van der Waals surface area contributed by atoms with Crippen molar-refractivity contribution < 1.29 is 9.47 Å². The van der Waals surface area contributed by atoms with Gasteiger partial charge in [0.25, 0.3) is 0 Å². The van der Waals surface area contributed by atoms with Crippen LogP contribution in [0.4, 0.5) is 5.82 Å². The average Bonchev–Trinajstić information content (AvgIpc) is 2.89. The van der Waals surface area contributed by atoms with Crippen LogP contribution < -0.4 is 9.64 Å². The van der Waals surface area contributed by atoms with Gasteiger partial charge < -0.3 is 14.4 Å². The summed E-state index contributed by atoms with van der Waals surface area (Å²) < 4.78 is 10.5. The third-order valence-electron chi connectivity index (χ3n) is 2.77. The summed E-state index contributed by atoms with van der Waals surface area (Å²) in [6.45, 7) is 3.47. The van der Waals surface area contributed by atoms with Gasteiger partial charge in [-0.3, -0.25) is 4.98 Å². The minimum Gasteiger partial charge on any atom is -0.476 e. The third kappa shape index (κ3) is 3.56. The first-order chi connectivity index (χ1) is 8.40. The fraction of sp³-hybridized carbons (Fsp3) is 0.667. The maximum absolute atomic E-state index is 5.53. The van der Waals surface area contributed by atoms with E-state index in [9.17, 15) is 0 Å². The Bertz CT molecular complexity index is 340. The van der Waals surface area contributed by atoms with Crippen molar-refractivity contribution in [1.82, 2.24) is 9.97 Å². The minimum absolute atomic E-state index is 0.602. The van der Waals surface area contributed by atoms with Crippen LogP contribution in [0.3, 0.4) is 0 Å². The summed E-state index contributed by atoms with van der Waals surface area (Å²) in [5, 5.41) is 0. The second-order valence-corrected chi connectivity index (χ2v) is 4.10. The van der Waals surface area contributed by atoms with Gasteiger partial charge in [-0.05, 0) is 12.8 Å². The van der Waals surface area contributed by atoms with Crippen molar-refractivity contribution in [3.63, 3.8) is 0 Å². The lowest BCUT2D eigenvalue weighted by Crippen LogP contribution is -2.19. The molecule has 1 saturated heterocycles. The maximum Gasteiger partial charge on any atom is 0.234 e. The molecule has 2 rings (SSSR count). The van der Waals surface area contributed by atoms with Gasteiger partial charge in [0.05, 0.1) is 19.0 Å². The first kappa shape index (κ1) is 12.1. The predicted molar refractivity (Wildman–Crippen MR) is 65.5 cm³/mol. The largest absolute Gasteiger partial charge is 0.476 e. The molecule has 0 N–H and O–H groups in total. The van der Waals surface area contributed by atoms with E-state index in [0.29, 0.717) is 19.1 Å². The van der Waals surface area contributed by atoms with Gasteiger partial charge in [-0.2, -0.15) is 4.98 Å². The van der Waals surface area contributed by atoms with E-state index in [1.807, 2.05) is 0 Å². The van der Waals surface area contributed by atoms with Crippen LogP contribution in [-0.2, 0) is 4.74 Å². The van der Waals surface area contributed by atoms with Gasteiger partial charge >= 0.3 is 0 Å². The molecule has 0 aliphatic carbocycles. The van der Waals surface area contributed by atoms with Gasteiger partial charge in [-0.25, -0.2) is 0 Å². The summed E-state index contributed by atoms with van der Waals surface area (Å²) in [6, 6.07) is 0. The smallest absolute Gasteiger partial charge is 0.234 e. The Morgan fingerprint density at radius 3 is 2.82 bits per heavy atom. The van der Waals surface area contributed by atoms with Crippen LogP contribution in [0, 0.1) is 0 Å². The molecule has 1 aliphatic heterocycles. The van der Waals surface area contributed by atoms with Crippen LogP contribution in [0.15, 0.2) is 12.4 Å². The second kappa shape index (κ2) is 6.39. The summed E-state index contributed by atoms with van der Waals surface area (Å²) in [7, 11) is 1.69. The third-order valence-corrected chi connectivity index (χ3v) is 2.77. The van der Waals surface area contributed by atoms with Gasteiger partial charge in [-0.1, -0.05) is 0 Å². The maximum atomic E-state index is 5.53. The van der Waals surface area contributed by atoms with Gasteiger partial charge in [0.1, 0.15) is 0 Å². The first-order valence-electron chi connectivity index (χ1n) is 6.09. The van der Waals surface area contributed by atoms with Crippen molar-refractivity contribution in [1.29, 1.82) is 0 Å². The highest BCUT2D eigenvalue weighted by Gasteiger charge is 2.14. The zero-order chi connectivity index (χ0) is 11.9. The molecular formula is C12H19N3O2. The SMILES string of the molecule is COCCCOc1cncc(N2CCCC2)n1. The van der Waals surface area contributed by atoms with Gasteiger partial charge in [0.2, 0.25) is 5.88 Å². The van der Waals surface area contributed by atoms with Gasteiger partial charge in [-0.15, -0.1) is 0 Å². The zero-order valence-corrected chi connectivity index (χ0v) is 10.3. The Balaban J connectivity index is 1.87. The molecule has 5 heteroatoms. The normalized spacial score (nSPS) is 15.2. The molecule has 0 atom stereocenters. The molecule has 5 nitrogen and oxygen atoms in total. The van der Waals surface area contributed by atoms with E-state index < -0.39 is 0 Å². The van der Waals surface area contributed by atoms with Crippen molar-refractivity contribution in [3.8, 4) is 5.88 Å². The lowest BCUT2D eigenvalue weighted by Gasteiger charge is -2.16. The summed E-state index contributed by atoms with van der Waals surface area (Å²) in [4.78, 5) is 10.9. The van der Waals surface area contributed by atoms with E-state index in [2.05, 4.69) is 14.9 Å². The standard InChI is InChI=1S/C12H19N3O2/c1-16-7-4-8-17-12-10-13-9-11(14-12)15-5-2-3-6-15/h9-10H,2-8H2,1H3. The number of anilines is 1. The fourth-order valence-corrected chi connectivity index (χ4v) is 1.89. The van der Waals surface area contributed by atoms with E-state index in [-0.39, 0.29) is 0 Å². The molecule has 0 spiro atoms. The number of methoxy groups -OCH3 is 1. The topological polar surface area (TPSA) is 47.5 Å². The van der Waals surface area contributed by atoms with Crippen molar-refractivity contribution in [3.05, 3.63) is 12.4 Å². The number of ether oxygens (including phenoxy) is 2. The van der Waals surface area contributed by atoms with E-state index in [1.54, 1.807) is 19.5 Å². The molecule has 0 bridgehead atoms. The van der Waals surface area contributed by atoms with Crippen LogP contribution in [0.25, 0.3) is 0 Å². The molecule has 1 fully saturated rings. The molecule has 0 amide bonds. The molecule has 1 aromatic heterocycles. The molecule has 0 saturated carbocycles. The molecule has 17 heavy (non-hydrogen) atoms. The highest BCUT2D eigenvalue weighted by atomic mass is 16.5. The predicted octanol–water partition coefficient (Wildman–Crippen LogP) is 1.49. The molecule has 1 aliphatic rings. The number of hydrogen-bond acceptors (Lipinski definition) is 5. The highest BCUT2D eigenvalue weighted by molar-refractivity contribution is 5.38. The quantitative estimate of drug-likeness (QED) is 0.702. The van der Waals surface area contributed by atoms with Crippen molar-refractivity contribution in [2.24, 2.45) is 0 Å². The van der Waals surface area contributed by atoms with E-state index in [0.717, 1.165) is 25.3 Å². The van der Waals surface area contributed by atoms with Crippen molar-refractivity contribution >= 4 is 5.82 Å². The van der Waals surface area contributed by atoms with Gasteiger partial charge in [0.15, 0.2) is 5.82 Å². The molecule has 1 aromatic rings. The van der Waals surface area contributed by atoms with E-state index in [4.69, 9.17) is 9.47 Å². The fourth-order valence-electron chi connectivity index (χ4n) is 1.89.